The fourth-order valence-electron chi connectivity index (χ4n) is 2.75. The summed E-state index contributed by atoms with van der Waals surface area (Å²) in [5.41, 5.74) is 1.97. The van der Waals surface area contributed by atoms with Crippen molar-refractivity contribution in [2.75, 3.05) is 17.7 Å². The number of aromatic nitrogens is 3. The fraction of sp³-hybridized carbons (Fsp3) is 0.438. The molecule has 22 heavy (non-hydrogen) atoms. The highest BCUT2D eigenvalue weighted by Crippen LogP contribution is 2.27. The zero-order chi connectivity index (χ0) is 15.4. The van der Waals surface area contributed by atoms with Gasteiger partial charge in [0.1, 0.15) is 5.75 Å². The Morgan fingerprint density at radius 3 is 2.82 bits per heavy atom. The highest BCUT2D eigenvalue weighted by Gasteiger charge is 2.15. The molecule has 0 unspecified atom stereocenters. The number of nitrogens with zero attached hydrogens (tertiary/aromatic N) is 3. The molecule has 1 aromatic carbocycles. The zero-order valence-corrected chi connectivity index (χ0v) is 13.0. The highest BCUT2D eigenvalue weighted by molar-refractivity contribution is 5.63. The number of anilines is 3. The molecule has 2 aromatic rings. The second-order valence-corrected chi connectivity index (χ2v) is 5.62. The number of rotatable bonds is 5. The van der Waals surface area contributed by atoms with E-state index in [1.807, 2.05) is 25.1 Å². The van der Waals surface area contributed by atoms with E-state index in [0.29, 0.717) is 12.0 Å². The number of nitrogens with one attached hydrogen (secondary N) is 2. The summed E-state index contributed by atoms with van der Waals surface area (Å²) in [5.74, 6) is 1.98. The molecular weight excluding hydrogens is 278 g/mol. The van der Waals surface area contributed by atoms with Crippen LogP contribution < -0.4 is 15.4 Å². The van der Waals surface area contributed by atoms with Crippen LogP contribution in [0.2, 0.25) is 0 Å². The van der Waals surface area contributed by atoms with Crippen molar-refractivity contribution in [1.82, 2.24) is 15.2 Å². The lowest BCUT2D eigenvalue weighted by atomic mass is 10.2. The summed E-state index contributed by atoms with van der Waals surface area (Å²) < 4.78 is 5.36. The average Bonchev–Trinajstić information content (AvgIpc) is 3.01. The number of ether oxygens (including phenoxy) is 1. The van der Waals surface area contributed by atoms with Gasteiger partial charge >= 0.3 is 0 Å². The van der Waals surface area contributed by atoms with Crippen molar-refractivity contribution in [3.05, 3.63) is 30.0 Å². The molecule has 0 saturated heterocycles. The van der Waals surface area contributed by atoms with Gasteiger partial charge in [0.15, 0.2) is 5.82 Å². The van der Waals surface area contributed by atoms with Gasteiger partial charge in [-0.25, -0.2) is 0 Å². The molecule has 1 aromatic heterocycles. The smallest absolute Gasteiger partial charge is 0.249 e. The molecule has 116 valence electrons. The third kappa shape index (κ3) is 3.44. The van der Waals surface area contributed by atoms with Crippen LogP contribution in [-0.2, 0) is 0 Å². The molecule has 1 aliphatic carbocycles. The third-order valence-corrected chi connectivity index (χ3v) is 3.87. The van der Waals surface area contributed by atoms with E-state index < -0.39 is 0 Å². The Labute approximate surface area is 130 Å². The summed E-state index contributed by atoms with van der Waals surface area (Å²) in [6.45, 7) is 2.03. The summed E-state index contributed by atoms with van der Waals surface area (Å²) in [6.07, 6.45) is 6.61. The van der Waals surface area contributed by atoms with Gasteiger partial charge in [-0.1, -0.05) is 18.9 Å². The molecule has 0 spiro atoms. The van der Waals surface area contributed by atoms with Gasteiger partial charge in [0.2, 0.25) is 5.95 Å². The quantitative estimate of drug-likeness (QED) is 0.882. The topological polar surface area (TPSA) is 72.0 Å². The number of methoxy groups -OCH3 is 1. The molecule has 0 radical (unpaired) electrons. The van der Waals surface area contributed by atoms with Crippen molar-refractivity contribution in [1.29, 1.82) is 0 Å². The van der Waals surface area contributed by atoms with Gasteiger partial charge in [-0.2, -0.15) is 10.1 Å². The Bertz CT molecular complexity index is 640. The van der Waals surface area contributed by atoms with Gasteiger partial charge in [-0.05, 0) is 37.5 Å². The predicted molar refractivity (Wildman–Crippen MR) is 86.7 cm³/mol. The first-order chi connectivity index (χ1) is 10.7. The monoisotopic (exact) mass is 299 g/mol. The van der Waals surface area contributed by atoms with E-state index in [9.17, 15) is 0 Å². The minimum Gasteiger partial charge on any atom is -0.495 e. The van der Waals surface area contributed by atoms with Crippen LogP contribution in [0.3, 0.4) is 0 Å². The van der Waals surface area contributed by atoms with Crippen LogP contribution >= 0.6 is 0 Å². The van der Waals surface area contributed by atoms with Crippen LogP contribution in [0.1, 0.15) is 31.2 Å². The van der Waals surface area contributed by atoms with Crippen molar-refractivity contribution < 1.29 is 4.74 Å². The van der Waals surface area contributed by atoms with E-state index in [4.69, 9.17) is 4.74 Å². The summed E-state index contributed by atoms with van der Waals surface area (Å²) in [5, 5.41) is 14.7. The molecule has 0 atom stereocenters. The van der Waals surface area contributed by atoms with Crippen LogP contribution in [0.25, 0.3) is 0 Å². The Morgan fingerprint density at radius 1 is 1.23 bits per heavy atom. The number of hydrogen-bond donors (Lipinski definition) is 2. The zero-order valence-electron chi connectivity index (χ0n) is 13.0. The molecular formula is C16H21N5O. The number of benzene rings is 1. The van der Waals surface area contributed by atoms with Crippen molar-refractivity contribution in [2.45, 2.75) is 38.6 Å². The first kappa shape index (κ1) is 14.6. The average molecular weight is 299 g/mol. The molecule has 6 nitrogen and oxygen atoms in total. The van der Waals surface area contributed by atoms with Gasteiger partial charge in [0, 0.05) is 6.04 Å². The van der Waals surface area contributed by atoms with Crippen molar-refractivity contribution >= 4 is 17.5 Å². The van der Waals surface area contributed by atoms with E-state index in [0.717, 1.165) is 22.8 Å². The lowest BCUT2D eigenvalue weighted by molar-refractivity contribution is 0.416. The molecule has 6 heteroatoms. The Kier molecular flexibility index (Phi) is 4.37. The van der Waals surface area contributed by atoms with Crippen LogP contribution in [0.5, 0.6) is 5.75 Å². The van der Waals surface area contributed by atoms with E-state index in [1.54, 1.807) is 13.3 Å². The van der Waals surface area contributed by atoms with Crippen LogP contribution in [0.15, 0.2) is 24.4 Å². The first-order valence-electron chi connectivity index (χ1n) is 7.62. The van der Waals surface area contributed by atoms with Crippen LogP contribution in [0, 0.1) is 6.92 Å². The molecule has 1 heterocycles. The molecule has 0 aliphatic heterocycles. The molecule has 0 amide bonds. The number of hydrogen-bond acceptors (Lipinski definition) is 6. The Hall–Kier alpha value is -2.37. The molecule has 0 bridgehead atoms. The first-order valence-corrected chi connectivity index (χ1v) is 7.62. The maximum Gasteiger partial charge on any atom is 0.249 e. The van der Waals surface area contributed by atoms with E-state index >= 15 is 0 Å². The SMILES string of the molecule is COc1ccc(C)cc1Nc1nncc(NC2CCCC2)n1. The third-order valence-electron chi connectivity index (χ3n) is 3.87. The second kappa shape index (κ2) is 6.60. The Balaban J connectivity index is 1.76. The molecule has 1 aliphatic rings. The minimum atomic E-state index is 0.465. The van der Waals surface area contributed by atoms with Crippen molar-refractivity contribution in [3.8, 4) is 5.75 Å². The van der Waals surface area contributed by atoms with Gasteiger partial charge in [-0.3, -0.25) is 0 Å². The van der Waals surface area contributed by atoms with Crippen LogP contribution in [0.4, 0.5) is 17.5 Å². The van der Waals surface area contributed by atoms with Crippen molar-refractivity contribution in [2.24, 2.45) is 0 Å². The van der Waals surface area contributed by atoms with E-state index in [-0.39, 0.29) is 0 Å². The van der Waals surface area contributed by atoms with E-state index in [1.165, 1.54) is 25.7 Å². The Morgan fingerprint density at radius 2 is 2.05 bits per heavy atom. The highest BCUT2D eigenvalue weighted by atomic mass is 16.5. The predicted octanol–water partition coefficient (Wildman–Crippen LogP) is 3.29. The fourth-order valence-corrected chi connectivity index (χ4v) is 2.75. The largest absolute Gasteiger partial charge is 0.495 e. The molecule has 3 rings (SSSR count). The summed E-state index contributed by atoms with van der Waals surface area (Å²) in [4.78, 5) is 4.49. The lowest BCUT2D eigenvalue weighted by Crippen LogP contribution is -2.16. The number of aryl methyl sites for hydroxylation is 1. The van der Waals surface area contributed by atoms with Gasteiger partial charge < -0.3 is 15.4 Å². The minimum absolute atomic E-state index is 0.465. The standard InChI is InChI=1S/C16H21N5O/c1-11-7-8-14(22-2)13(9-11)19-16-20-15(10-17-21-16)18-12-5-3-4-6-12/h7-10,12H,3-6H2,1-2H3,(H2,18,19,20,21). The maximum absolute atomic E-state index is 5.36. The van der Waals surface area contributed by atoms with Gasteiger partial charge in [0.05, 0.1) is 19.0 Å². The van der Waals surface area contributed by atoms with Gasteiger partial charge in [-0.15, -0.1) is 5.10 Å². The molecule has 1 fully saturated rings. The summed E-state index contributed by atoms with van der Waals surface area (Å²) in [7, 11) is 1.65. The molecule has 2 N–H and O–H groups in total. The van der Waals surface area contributed by atoms with Crippen molar-refractivity contribution in [3.63, 3.8) is 0 Å². The summed E-state index contributed by atoms with van der Waals surface area (Å²) >= 11 is 0. The van der Waals surface area contributed by atoms with Gasteiger partial charge in [0.25, 0.3) is 0 Å². The summed E-state index contributed by atoms with van der Waals surface area (Å²) in [6, 6.07) is 6.42. The molecule has 1 saturated carbocycles. The van der Waals surface area contributed by atoms with E-state index in [2.05, 4.69) is 25.8 Å². The van der Waals surface area contributed by atoms with Crippen LogP contribution in [-0.4, -0.2) is 28.3 Å². The second-order valence-electron chi connectivity index (χ2n) is 5.62. The maximum atomic E-state index is 5.36. The lowest BCUT2D eigenvalue weighted by Gasteiger charge is -2.14. The normalized spacial score (nSPS) is 14.8.